The average Bonchev–Trinajstić information content (AvgIpc) is 2.29. The maximum atomic E-state index is 5.50. The Morgan fingerprint density at radius 1 is 1.44 bits per heavy atom. The highest BCUT2D eigenvalue weighted by Crippen LogP contribution is 2.07. The number of rotatable bonds is 6. The van der Waals surface area contributed by atoms with Gasteiger partial charge in [0.15, 0.2) is 0 Å². The first-order valence-corrected chi connectivity index (χ1v) is 6.01. The Morgan fingerprint density at radius 3 is 2.88 bits per heavy atom. The first kappa shape index (κ1) is 12.8. The third kappa shape index (κ3) is 4.51. The summed E-state index contributed by atoms with van der Waals surface area (Å²) in [6.45, 7) is 5.28. The van der Waals surface area contributed by atoms with Crippen LogP contribution in [-0.4, -0.2) is 12.6 Å². The Bertz CT molecular complexity index is 349. The summed E-state index contributed by atoms with van der Waals surface area (Å²) in [5, 5.41) is 3.37. The van der Waals surface area contributed by atoms with E-state index in [1.54, 1.807) is 0 Å². The molecule has 0 fully saturated rings. The molecule has 0 aliphatic heterocycles. The molecule has 0 aromatic heterocycles. The normalized spacial score (nSPS) is 12.1. The van der Waals surface area contributed by atoms with E-state index < -0.39 is 0 Å². The maximum absolute atomic E-state index is 5.50. The van der Waals surface area contributed by atoms with Crippen LogP contribution in [0.25, 0.3) is 0 Å². The summed E-state index contributed by atoms with van der Waals surface area (Å²) < 4.78 is 0. The van der Waals surface area contributed by atoms with Crippen molar-refractivity contribution in [3.63, 3.8) is 0 Å². The molecule has 16 heavy (non-hydrogen) atoms. The van der Waals surface area contributed by atoms with Crippen LogP contribution in [0.4, 0.5) is 0 Å². The molecule has 1 unspecified atom stereocenters. The monoisotopic (exact) mass is 215 g/mol. The Morgan fingerprint density at radius 2 is 2.25 bits per heavy atom. The first-order chi connectivity index (χ1) is 7.76. The van der Waals surface area contributed by atoms with Crippen LogP contribution < -0.4 is 5.32 Å². The number of aryl methyl sites for hydroxylation is 2. The summed E-state index contributed by atoms with van der Waals surface area (Å²) in [7, 11) is 0. The molecule has 1 aromatic carbocycles. The van der Waals surface area contributed by atoms with Gasteiger partial charge in [-0.05, 0) is 38.3 Å². The average molecular weight is 215 g/mol. The third-order valence-electron chi connectivity index (χ3n) is 2.65. The van der Waals surface area contributed by atoms with E-state index in [9.17, 15) is 0 Å². The summed E-state index contributed by atoms with van der Waals surface area (Å²) in [5.41, 5.74) is 2.69. The topological polar surface area (TPSA) is 12.0 Å². The largest absolute Gasteiger partial charge is 0.304 e. The van der Waals surface area contributed by atoms with E-state index in [0.717, 1.165) is 25.8 Å². The van der Waals surface area contributed by atoms with E-state index in [-0.39, 0.29) is 6.04 Å². The molecule has 0 radical (unpaired) electrons. The Balaban J connectivity index is 2.41. The van der Waals surface area contributed by atoms with Gasteiger partial charge < -0.3 is 5.32 Å². The fourth-order valence-electron chi connectivity index (χ4n) is 1.74. The minimum atomic E-state index is 0.209. The molecule has 0 saturated heterocycles. The summed E-state index contributed by atoms with van der Waals surface area (Å²) in [6.07, 6.45) is 8.69. The van der Waals surface area contributed by atoms with Crippen molar-refractivity contribution in [2.24, 2.45) is 0 Å². The molecule has 0 amide bonds. The number of hydrogen-bond donors (Lipinski definition) is 1. The zero-order valence-corrected chi connectivity index (χ0v) is 10.3. The van der Waals surface area contributed by atoms with Crippen molar-refractivity contribution in [1.82, 2.24) is 5.32 Å². The Labute approximate surface area is 99.3 Å². The van der Waals surface area contributed by atoms with Gasteiger partial charge in [-0.15, -0.1) is 6.42 Å². The molecule has 0 heterocycles. The lowest BCUT2D eigenvalue weighted by Crippen LogP contribution is -2.28. The fourth-order valence-corrected chi connectivity index (χ4v) is 1.74. The molecule has 1 nitrogen and oxygen atoms in total. The molecule has 1 rings (SSSR count). The minimum absolute atomic E-state index is 0.209. The highest BCUT2D eigenvalue weighted by Gasteiger charge is 2.03. The van der Waals surface area contributed by atoms with E-state index in [1.165, 1.54) is 11.1 Å². The van der Waals surface area contributed by atoms with Crippen molar-refractivity contribution in [2.45, 2.75) is 39.2 Å². The summed E-state index contributed by atoms with van der Waals surface area (Å²) in [6, 6.07) is 8.83. The smallest absolute Gasteiger partial charge is 0.0690 e. The molecule has 1 atom stereocenters. The lowest BCUT2D eigenvalue weighted by Gasteiger charge is -2.12. The standard InChI is InChI=1S/C15H21N/c1-4-11-16-15(5-2)10-9-14-8-6-7-13(3)12-14/h2,6-8,12,15-16H,4,9-11H2,1,3H3. The minimum Gasteiger partial charge on any atom is -0.304 e. The summed E-state index contributed by atoms with van der Waals surface area (Å²) >= 11 is 0. The van der Waals surface area contributed by atoms with Gasteiger partial charge in [-0.1, -0.05) is 42.7 Å². The van der Waals surface area contributed by atoms with Crippen LogP contribution in [0.5, 0.6) is 0 Å². The number of hydrogen-bond acceptors (Lipinski definition) is 1. The van der Waals surface area contributed by atoms with Crippen LogP contribution in [0, 0.1) is 19.3 Å². The second-order valence-corrected chi connectivity index (χ2v) is 4.20. The predicted octanol–water partition coefficient (Wildman–Crippen LogP) is 2.93. The van der Waals surface area contributed by atoms with Gasteiger partial charge >= 0.3 is 0 Å². The first-order valence-electron chi connectivity index (χ1n) is 6.01. The van der Waals surface area contributed by atoms with Gasteiger partial charge in [0.05, 0.1) is 6.04 Å². The third-order valence-corrected chi connectivity index (χ3v) is 2.65. The van der Waals surface area contributed by atoms with Crippen LogP contribution in [0.1, 0.15) is 30.9 Å². The van der Waals surface area contributed by atoms with Gasteiger partial charge in [0.25, 0.3) is 0 Å². The lowest BCUT2D eigenvalue weighted by atomic mass is 10.0. The van der Waals surface area contributed by atoms with Crippen molar-refractivity contribution >= 4 is 0 Å². The highest BCUT2D eigenvalue weighted by molar-refractivity contribution is 5.22. The van der Waals surface area contributed by atoms with E-state index in [4.69, 9.17) is 6.42 Å². The second-order valence-electron chi connectivity index (χ2n) is 4.20. The molecule has 86 valence electrons. The molecule has 0 saturated carbocycles. The van der Waals surface area contributed by atoms with E-state index in [2.05, 4.69) is 49.4 Å². The van der Waals surface area contributed by atoms with Crippen LogP contribution in [-0.2, 0) is 6.42 Å². The van der Waals surface area contributed by atoms with Crippen LogP contribution in [0.2, 0.25) is 0 Å². The van der Waals surface area contributed by atoms with Crippen molar-refractivity contribution in [3.05, 3.63) is 35.4 Å². The molecule has 0 aliphatic carbocycles. The number of nitrogens with one attached hydrogen (secondary N) is 1. The molecule has 1 aromatic rings. The summed E-state index contributed by atoms with van der Waals surface area (Å²) in [4.78, 5) is 0. The van der Waals surface area contributed by atoms with Gasteiger partial charge in [-0.25, -0.2) is 0 Å². The quantitative estimate of drug-likeness (QED) is 0.719. The van der Waals surface area contributed by atoms with Gasteiger partial charge in [0, 0.05) is 0 Å². The van der Waals surface area contributed by atoms with E-state index in [1.807, 2.05) is 0 Å². The van der Waals surface area contributed by atoms with Crippen molar-refractivity contribution in [3.8, 4) is 12.3 Å². The molecule has 1 N–H and O–H groups in total. The van der Waals surface area contributed by atoms with E-state index in [0.29, 0.717) is 0 Å². The molecular formula is C15H21N. The van der Waals surface area contributed by atoms with Crippen LogP contribution >= 0.6 is 0 Å². The van der Waals surface area contributed by atoms with Gasteiger partial charge in [-0.2, -0.15) is 0 Å². The molecule has 0 spiro atoms. The zero-order valence-electron chi connectivity index (χ0n) is 10.3. The molecule has 0 bridgehead atoms. The zero-order chi connectivity index (χ0) is 11.8. The van der Waals surface area contributed by atoms with Crippen LogP contribution in [0.15, 0.2) is 24.3 Å². The maximum Gasteiger partial charge on any atom is 0.0690 e. The van der Waals surface area contributed by atoms with Crippen molar-refractivity contribution in [2.75, 3.05) is 6.54 Å². The fraction of sp³-hybridized carbons (Fsp3) is 0.467. The van der Waals surface area contributed by atoms with Crippen LogP contribution in [0.3, 0.4) is 0 Å². The number of benzene rings is 1. The highest BCUT2D eigenvalue weighted by atomic mass is 14.9. The second kappa shape index (κ2) is 7.09. The predicted molar refractivity (Wildman–Crippen MR) is 70.4 cm³/mol. The Kier molecular flexibility index (Phi) is 5.67. The Hall–Kier alpha value is -1.26. The number of terminal acetylenes is 1. The van der Waals surface area contributed by atoms with Crippen molar-refractivity contribution in [1.29, 1.82) is 0 Å². The van der Waals surface area contributed by atoms with Gasteiger partial charge in [0.2, 0.25) is 0 Å². The summed E-state index contributed by atoms with van der Waals surface area (Å²) in [5.74, 6) is 2.81. The molecular weight excluding hydrogens is 194 g/mol. The lowest BCUT2D eigenvalue weighted by molar-refractivity contribution is 0.566. The molecule has 1 heteroatoms. The van der Waals surface area contributed by atoms with Crippen molar-refractivity contribution < 1.29 is 0 Å². The van der Waals surface area contributed by atoms with E-state index >= 15 is 0 Å². The van der Waals surface area contributed by atoms with Gasteiger partial charge in [0.1, 0.15) is 0 Å². The SMILES string of the molecule is C#CC(CCc1cccc(C)c1)NCCC. The van der Waals surface area contributed by atoms with Gasteiger partial charge in [-0.3, -0.25) is 0 Å². The molecule has 0 aliphatic rings.